The number of rotatable bonds is 4. The fourth-order valence-electron chi connectivity index (χ4n) is 4.08. The summed E-state index contributed by atoms with van der Waals surface area (Å²) in [5.41, 5.74) is 4.12. The van der Waals surface area contributed by atoms with Gasteiger partial charge in [0.25, 0.3) is 5.56 Å². The number of pyridine rings is 1. The molecular weight excluding hydrogens is 444 g/mol. The Morgan fingerprint density at radius 1 is 1.06 bits per heavy atom. The lowest BCUT2D eigenvalue weighted by atomic mass is 9.81. The summed E-state index contributed by atoms with van der Waals surface area (Å²) in [5, 5.41) is 3.09. The summed E-state index contributed by atoms with van der Waals surface area (Å²) >= 11 is 7.46. The molecule has 1 aliphatic carbocycles. The largest absolute Gasteiger partial charge is 0.497 e. The van der Waals surface area contributed by atoms with E-state index >= 15 is 0 Å². The van der Waals surface area contributed by atoms with E-state index in [0.29, 0.717) is 39.7 Å². The summed E-state index contributed by atoms with van der Waals surface area (Å²) in [5.74, 6) is 0.822. The summed E-state index contributed by atoms with van der Waals surface area (Å²) in [6.07, 6.45) is 1.00. The number of H-pyrrole nitrogens is 1. The quantitative estimate of drug-likeness (QED) is 0.419. The second-order valence-electron chi connectivity index (χ2n) is 7.75. The average molecular weight is 463 g/mol. The van der Waals surface area contributed by atoms with Crippen molar-refractivity contribution in [2.75, 3.05) is 7.11 Å². The number of carbonyl (C=O) groups excluding carboxylic acids is 1. The number of aromatic amines is 1. The molecule has 2 heterocycles. The highest BCUT2D eigenvalue weighted by atomic mass is 35.5. The Labute approximate surface area is 193 Å². The van der Waals surface area contributed by atoms with Crippen LogP contribution in [0.1, 0.15) is 34.0 Å². The van der Waals surface area contributed by atoms with E-state index in [1.165, 1.54) is 11.3 Å². The van der Waals surface area contributed by atoms with Crippen molar-refractivity contribution in [2.45, 2.75) is 18.8 Å². The van der Waals surface area contributed by atoms with E-state index in [2.05, 4.69) is 9.97 Å². The summed E-state index contributed by atoms with van der Waals surface area (Å²) in [6, 6.07) is 16.8. The first-order chi connectivity index (χ1) is 15.5. The van der Waals surface area contributed by atoms with Crippen LogP contribution in [0.15, 0.2) is 64.8 Å². The van der Waals surface area contributed by atoms with Crippen LogP contribution in [0.3, 0.4) is 0 Å². The molecule has 2 aromatic carbocycles. The smallest absolute Gasteiger partial charge is 0.258 e. The van der Waals surface area contributed by atoms with Crippen LogP contribution >= 0.6 is 22.9 Å². The molecule has 1 N–H and O–H groups in total. The molecule has 0 aliphatic heterocycles. The van der Waals surface area contributed by atoms with E-state index < -0.39 is 0 Å². The van der Waals surface area contributed by atoms with Gasteiger partial charge in [-0.25, -0.2) is 4.98 Å². The van der Waals surface area contributed by atoms with Gasteiger partial charge in [-0.3, -0.25) is 9.59 Å². The summed E-state index contributed by atoms with van der Waals surface area (Å²) < 4.78 is 5.21. The Kier molecular flexibility index (Phi) is 5.41. The molecule has 0 unspecified atom stereocenters. The molecule has 32 heavy (non-hydrogen) atoms. The molecule has 0 saturated heterocycles. The van der Waals surface area contributed by atoms with Crippen LogP contribution in [0.5, 0.6) is 5.75 Å². The van der Waals surface area contributed by atoms with Gasteiger partial charge in [0.1, 0.15) is 10.8 Å². The van der Waals surface area contributed by atoms with Crippen molar-refractivity contribution >= 4 is 28.7 Å². The SMILES string of the molecule is COc1ccc([C@@H]2CC(=O)c3cc(-c4nc(-c5cccc(Cl)c5)cs4)c(=O)[nH]c3C2)cc1. The molecule has 1 aliphatic rings. The highest BCUT2D eigenvalue weighted by Crippen LogP contribution is 2.34. The number of methoxy groups -OCH3 is 1. The highest BCUT2D eigenvalue weighted by Gasteiger charge is 2.28. The number of benzene rings is 2. The molecule has 0 bridgehead atoms. The van der Waals surface area contributed by atoms with Crippen LogP contribution in [-0.2, 0) is 6.42 Å². The Hall–Kier alpha value is -3.22. The van der Waals surface area contributed by atoms with Crippen LogP contribution in [-0.4, -0.2) is 22.9 Å². The molecule has 2 aromatic heterocycles. The molecule has 5 rings (SSSR count). The minimum Gasteiger partial charge on any atom is -0.497 e. The number of thiazole rings is 1. The van der Waals surface area contributed by atoms with Crippen LogP contribution in [0.25, 0.3) is 21.8 Å². The van der Waals surface area contributed by atoms with Gasteiger partial charge in [-0.15, -0.1) is 11.3 Å². The standard InChI is InChI=1S/C25H19ClN2O3S/c1-31-18-7-5-14(6-8-18)16-10-21-19(23(29)11-16)12-20(24(30)27-21)25-28-22(13-32-25)15-3-2-4-17(26)9-15/h2-9,12-13,16H,10-11H2,1H3,(H,27,30)/t16-/m0/s1. The lowest BCUT2D eigenvalue weighted by molar-refractivity contribution is 0.0963. The van der Waals surface area contributed by atoms with E-state index in [4.69, 9.17) is 16.3 Å². The Balaban J connectivity index is 1.47. The minimum atomic E-state index is -0.237. The van der Waals surface area contributed by atoms with Gasteiger partial charge in [-0.1, -0.05) is 35.9 Å². The zero-order valence-corrected chi connectivity index (χ0v) is 18.8. The number of aromatic nitrogens is 2. The molecule has 1 atom stereocenters. The van der Waals surface area contributed by atoms with Gasteiger partial charge in [0.15, 0.2) is 5.78 Å². The van der Waals surface area contributed by atoms with Crippen LogP contribution in [0.2, 0.25) is 5.02 Å². The minimum absolute atomic E-state index is 0.0242. The number of hydrogen-bond donors (Lipinski definition) is 1. The molecule has 160 valence electrons. The van der Waals surface area contributed by atoms with Gasteiger partial charge in [0, 0.05) is 33.6 Å². The average Bonchev–Trinajstić information content (AvgIpc) is 3.29. The number of Topliss-reactive ketones (excluding diaryl/α,β-unsaturated/α-hetero) is 1. The second kappa shape index (κ2) is 8.37. The fraction of sp³-hybridized carbons (Fsp3) is 0.160. The van der Waals surface area contributed by atoms with Gasteiger partial charge in [-0.2, -0.15) is 0 Å². The predicted octanol–water partition coefficient (Wildman–Crippen LogP) is 5.74. The molecule has 0 spiro atoms. The maximum atomic E-state index is 13.0. The zero-order chi connectivity index (χ0) is 22.2. The predicted molar refractivity (Wildman–Crippen MR) is 127 cm³/mol. The number of nitrogens with zero attached hydrogens (tertiary/aromatic N) is 1. The van der Waals surface area contributed by atoms with Crippen molar-refractivity contribution in [2.24, 2.45) is 0 Å². The third-order valence-electron chi connectivity index (χ3n) is 5.75. The van der Waals surface area contributed by atoms with Crippen molar-refractivity contribution < 1.29 is 9.53 Å². The lowest BCUT2D eigenvalue weighted by Gasteiger charge is -2.24. The van der Waals surface area contributed by atoms with Crippen molar-refractivity contribution in [3.63, 3.8) is 0 Å². The van der Waals surface area contributed by atoms with Gasteiger partial charge >= 0.3 is 0 Å². The van der Waals surface area contributed by atoms with Gasteiger partial charge in [0.2, 0.25) is 0 Å². The second-order valence-corrected chi connectivity index (χ2v) is 9.05. The van der Waals surface area contributed by atoms with E-state index in [-0.39, 0.29) is 17.3 Å². The molecular formula is C25H19ClN2O3S. The number of ketones is 1. The number of halogens is 1. The Morgan fingerprint density at radius 2 is 1.88 bits per heavy atom. The Bertz CT molecular complexity index is 1370. The normalized spacial score (nSPS) is 15.4. The third-order valence-corrected chi connectivity index (χ3v) is 6.86. The maximum Gasteiger partial charge on any atom is 0.258 e. The lowest BCUT2D eigenvalue weighted by Crippen LogP contribution is -2.24. The highest BCUT2D eigenvalue weighted by molar-refractivity contribution is 7.13. The Morgan fingerprint density at radius 3 is 2.62 bits per heavy atom. The van der Waals surface area contributed by atoms with Crippen molar-refractivity contribution in [3.8, 4) is 27.6 Å². The summed E-state index contributed by atoms with van der Waals surface area (Å²) in [4.78, 5) is 33.4. The van der Waals surface area contributed by atoms with Crippen LogP contribution < -0.4 is 10.3 Å². The molecule has 0 saturated carbocycles. The van der Waals surface area contributed by atoms with Crippen molar-refractivity contribution in [1.29, 1.82) is 0 Å². The van der Waals surface area contributed by atoms with Crippen molar-refractivity contribution in [3.05, 3.63) is 92.2 Å². The number of ether oxygens (including phenoxy) is 1. The molecule has 4 aromatic rings. The topological polar surface area (TPSA) is 72.0 Å². The fourth-order valence-corrected chi connectivity index (χ4v) is 5.11. The third kappa shape index (κ3) is 3.87. The first-order valence-corrected chi connectivity index (χ1v) is 11.4. The molecule has 0 fully saturated rings. The first-order valence-electron chi connectivity index (χ1n) is 10.2. The van der Waals surface area contributed by atoms with Crippen LogP contribution in [0, 0.1) is 0 Å². The number of carbonyl (C=O) groups is 1. The van der Waals surface area contributed by atoms with Gasteiger partial charge in [-0.05, 0) is 48.2 Å². The molecule has 7 heteroatoms. The van der Waals surface area contributed by atoms with E-state index in [0.717, 1.165) is 22.6 Å². The van der Waals surface area contributed by atoms with Gasteiger partial charge in [0.05, 0.1) is 18.4 Å². The first kappa shape index (κ1) is 20.7. The zero-order valence-electron chi connectivity index (χ0n) is 17.2. The maximum absolute atomic E-state index is 13.0. The van der Waals surface area contributed by atoms with Crippen molar-refractivity contribution in [1.82, 2.24) is 9.97 Å². The number of hydrogen-bond acceptors (Lipinski definition) is 5. The molecule has 5 nitrogen and oxygen atoms in total. The van der Waals surface area contributed by atoms with E-state index in [1.807, 2.05) is 47.8 Å². The van der Waals surface area contributed by atoms with Gasteiger partial charge < -0.3 is 9.72 Å². The summed E-state index contributed by atoms with van der Waals surface area (Å²) in [7, 11) is 1.62. The molecule has 0 amide bonds. The summed E-state index contributed by atoms with van der Waals surface area (Å²) in [6.45, 7) is 0. The van der Waals surface area contributed by atoms with Crippen LogP contribution in [0.4, 0.5) is 0 Å². The monoisotopic (exact) mass is 462 g/mol. The van der Waals surface area contributed by atoms with E-state index in [9.17, 15) is 9.59 Å². The molecule has 0 radical (unpaired) electrons. The number of nitrogens with one attached hydrogen (secondary N) is 1. The number of fused-ring (bicyclic) bond motifs is 1. The van der Waals surface area contributed by atoms with E-state index in [1.54, 1.807) is 19.2 Å².